The molecule has 0 aliphatic carbocycles. The molecular weight excluding hydrogens is 198 g/mol. The summed E-state index contributed by atoms with van der Waals surface area (Å²) in [4.78, 5) is 13.6. The molecule has 1 unspecified atom stereocenters. The monoisotopic (exact) mass is 217 g/mol. The van der Waals surface area contributed by atoms with Crippen molar-refractivity contribution in [3.05, 3.63) is 0 Å². The van der Waals surface area contributed by atoms with E-state index in [0.717, 1.165) is 13.1 Å². The van der Waals surface area contributed by atoms with Gasteiger partial charge in [-0.1, -0.05) is 0 Å². The third-order valence-corrected chi connectivity index (χ3v) is 2.56. The summed E-state index contributed by atoms with van der Waals surface area (Å²) in [5.74, 6) is -0.186. The predicted octanol–water partition coefficient (Wildman–Crippen LogP) is -0.103. The van der Waals surface area contributed by atoms with E-state index in [1.807, 2.05) is 0 Å². The van der Waals surface area contributed by atoms with Crippen LogP contribution in [0.2, 0.25) is 0 Å². The average molecular weight is 217 g/mol. The lowest BCUT2D eigenvalue weighted by molar-refractivity contribution is -0.149. The third kappa shape index (κ3) is 3.77. The number of hydrogen-bond donors (Lipinski definition) is 0. The minimum atomic E-state index is -0.196. The van der Waals surface area contributed by atoms with E-state index in [0.29, 0.717) is 26.2 Å². The molecule has 1 fully saturated rings. The molecule has 0 aromatic heterocycles. The number of esters is 1. The summed E-state index contributed by atoms with van der Waals surface area (Å²) in [5.41, 5.74) is 0. The van der Waals surface area contributed by atoms with Gasteiger partial charge in [0.25, 0.3) is 0 Å². The first-order chi connectivity index (χ1) is 7.29. The van der Waals surface area contributed by atoms with Crippen LogP contribution in [-0.4, -0.2) is 64.0 Å². The molecule has 1 aliphatic rings. The van der Waals surface area contributed by atoms with Crippen LogP contribution in [0.3, 0.4) is 0 Å². The van der Waals surface area contributed by atoms with E-state index >= 15 is 0 Å². The zero-order valence-electron chi connectivity index (χ0n) is 9.40. The lowest BCUT2D eigenvalue weighted by Gasteiger charge is -2.32. The molecule has 0 N–H and O–H groups in total. The Balaban J connectivity index is 2.49. The summed E-state index contributed by atoms with van der Waals surface area (Å²) < 4.78 is 15.0. The number of hydrogen-bond acceptors (Lipinski definition) is 5. The zero-order chi connectivity index (χ0) is 11.1. The minimum Gasteiger partial charge on any atom is -0.468 e. The van der Waals surface area contributed by atoms with E-state index in [-0.39, 0.29) is 12.0 Å². The summed E-state index contributed by atoms with van der Waals surface area (Å²) in [6.07, 6.45) is 0.670. The summed E-state index contributed by atoms with van der Waals surface area (Å²) >= 11 is 0. The van der Waals surface area contributed by atoms with Crippen LogP contribution in [0.4, 0.5) is 0 Å². The second kappa shape index (κ2) is 6.76. The first-order valence-electron chi connectivity index (χ1n) is 5.18. The molecule has 0 saturated carbocycles. The van der Waals surface area contributed by atoms with Gasteiger partial charge in [-0.25, -0.2) is 0 Å². The quantitative estimate of drug-likeness (QED) is 0.602. The number of ether oxygens (including phenoxy) is 3. The van der Waals surface area contributed by atoms with Crippen molar-refractivity contribution in [1.82, 2.24) is 4.90 Å². The Kier molecular flexibility index (Phi) is 5.60. The van der Waals surface area contributed by atoms with Crippen LogP contribution in [0.1, 0.15) is 6.42 Å². The molecule has 0 aromatic rings. The second-order valence-electron chi connectivity index (χ2n) is 3.47. The van der Waals surface area contributed by atoms with Gasteiger partial charge in [0.1, 0.15) is 6.04 Å². The van der Waals surface area contributed by atoms with E-state index < -0.39 is 0 Å². The van der Waals surface area contributed by atoms with Crippen molar-refractivity contribution in [2.45, 2.75) is 12.5 Å². The number of carbonyl (C=O) groups excluding carboxylic acids is 1. The molecule has 0 spiro atoms. The first-order valence-corrected chi connectivity index (χ1v) is 5.18. The van der Waals surface area contributed by atoms with E-state index in [4.69, 9.17) is 14.2 Å². The molecule has 5 heteroatoms. The molecule has 1 heterocycles. The molecule has 1 saturated heterocycles. The number of morpholine rings is 1. The number of nitrogens with zero attached hydrogens (tertiary/aromatic N) is 1. The molecule has 1 atom stereocenters. The van der Waals surface area contributed by atoms with E-state index in [1.54, 1.807) is 7.11 Å². The van der Waals surface area contributed by atoms with Crippen molar-refractivity contribution < 1.29 is 19.0 Å². The lowest BCUT2D eigenvalue weighted by atomic mass is 10.1. The van der Waals surface area contributed by atoms with E-state index in [2.05, 4.69) is 4.90 Å². The molecule has 5 nitrogen and oxygen atoms in total. The number of rotatable bonds is 5. The standard InChI is InChI=1S/C10H19NO4/c1-13-6-3-9(10(12)14-2)11-4-7-15-8-5-11/h9H,3-8H2,1-2H3. The number of carbonyl (C=O) groups is 1. The van der Waals surface area contributed by atoms with Crippen molar-refractivity contribution in [3.63, 3.8) is 0 Å². The Morgan fingerprint density at radius 1 is 1.40 bits per heavy atom. The van der Waals surface area contributed by atoms with Gasteiger partial charge in [0.05, 0.1) is 20.3 Å². The van der Waals surface area contributed by atoms with Crippen molar-refractivity contribution in [1.29, 1.82) is 0 Å². The maximum atomic E-state index is 11.6. The van der Waals surface area contributed by atoms with Gasteiger partial charge in [0, 0.05) is 26.8 Å². The molecule has 1 rings (SSSR count). The SMILES string of the molecule is COCCC(C(=O)OC)N1CCOCC1. The van der Waals surface area contributed by atoms with Crippen molar-refractivity contribution >= 4 is 5.97 Å². The topological polar surface area (TPSA) is 48.0 Å². The van der Waals surface area contributed by atoms with Crippen LogP contribution in [0, 0.1) is 0 Å². The predicted molar refractivity (Wildman–Crippen MR) is 54.7 cm³/mol. The fraction of sp³-hybridized carbons (Fsp3) is 0.900. The lowest BCUT2D eigenvalue weighted by Crippen LogP contribution is -2.48. The maximum absolute atomic E-state index is 11.6. The highest BCUT2D eigenvalue weighted by atomic mass is 16.5. The van der Waals surface area contributed by atoms with Gasteiger partial charge < -0.3 is 14.2 Å². The van der Waals surface area contributed by atoms with Crippen molar-refractivity contribution in [2.24, 2.45) is 0 Å². The molecule has 0 aromatic carbocycles. The van der Waals surface area contributed by atoms with Gasteiger partial charge >= 0.3 is 5.97 Å². The Morgan fingerprint density at radius 3 is 2.60 bits per heavy atom. The summed E-state index contributed by atoms with van der Waals surface area (Å²) in [6, 6.07) is -0.196. The largest absolute Gasteiger partial charge is 0.468 e. The molecule has 0 radical (unpaired) electrons. The average Bonchev–Trinajstić information content (AvgIpc) is 2.30. The van der Waals surface area contributed by atoms with Crippen molar-refractivity contribution in [3.8, 4) is 0 Å². The zero-order valence-corrected chi connectivity index (χ0v) is 9.40. The van der Waals surface area contributed by atoms with Crippen LogP contribution in [0.5, 0.6) is 0 Å². The van der Waals surface area contributed by atoms with Gasteiger partial charge in [-0.3, -0.25) is 9.69 Å². The fourth-order valence-corrected chi connectivity index (χ4v) is 1.70. The number of methoxy groups -OCH3 is 2. The van der Waals surface area contributed by atoms with Gasteiger partial charge in [0.15, 0.2) is 0 Å². The molecule has 0 amide bonds. The highest BCUT2D eigenvalue weighted by Crippen LogP contribution is 2.09. The molecular formula is C10H19NO4. The smallest absolute Gasteiger partial charge is 0.323 e. The fourth-order valence-electron chi connectivity index (χ4n) is 1.70. The normalized spacial score (nSPS) is 19.9. The molecule has 0 bridgehead atoms. The summed E-state index contributed by atoms with van der Waals surface area (Å²) in [7, 11) is 3.05. The van der Waals surface area contributed by atoms with Gasteiger partial charge in [-0.05, 0) is 6.42 Å². The van der Waals surface area contributed by atoms with E-state index in [1.165, 1.54) is 7.11 Å². The Hall–Kier alpha value is -0.650. The Bertz CT molecular complexity index is 192. The second-order valence-corrected chi connectivity index (χ2v) is 3.47. The van der Waals surface area contributed by atoms with Gasteiger partial charge in [-0.15, -0.1) is 0 Å². The summed E-state index contributed by atoms with van der Waals surface area (Å²) in [5, 5.41) is 0. The van der Waals surface area contributed by atoms with Gasteiger partial charge in [-0.2, -0.15) is 0 Å². The van der Waals surface area contributed by atoms with Crippen LogP contribution in [0.25, 0.3) is 0 Å². The van der Waals surface area contributed by atoms with Crippen LogP contribution >= 0.6 is 0 Å². The Morgan fingerprint density at radius 2 is 2.07 bits per heavy atom. The van der Waals surface area contributed by atoms with Crippen LogP contribution < -0.4 is 0 Å². The highest BCUT2D eigenvalue weighted by Gasteiger charge is 2.27. The molecule has 88 valence electrons. The van der Waals surface area contributed by atoms with Crippen LogP contribution in [0.15, 0.2) is 0 Å². The minimum absolute atomic E-state index is 0.186. The third-order valence-electron chi connectivity index (χ3n) is 2.56. The Labute approximate surface area is 90.3 Å². The van der Waals surface area contributed by atoms with Crippen LogP contribution in [-0.2, 0) is 19.0 Å². The molecule has 15 heavy (non-hydrogen) atoms. The van der Waals surface area contributed by atoms with E-state index in [9.17, 15) is 4.79 Å². The summed E-state index contributed by atoms with van der Waals surface area (Å²) in [6.45, 7) is 3.49. The van der Waals surface area contributed by atoms with Gasteiger partial charge in [0.2, 0.25) is 0 Å². The highest BCUT2D eigenvalue weighted by molar-refractivity contribution is 5.75. The maximum Gasteiger partial charge on any atom is 0.323 e. The first kappa shape index (κ1) is 12.4. The molecule has 1 aliphatic heterocycles. The van der Waals surface area contributed by atoms with Crippen molar-refractivity contribution in [2.75, 3.05) is 47.1 Å².